The van der Waals surface area contributed by atoms with Crippen molar-refractivity contribution >= 4 is 14.7 Å². The Labute approximate surface area is 74.2 Å². The molecule has 0 amide bonds. The highest BCUT2D eigenvalue weighted by Crippen LogP contribution is 2.05. The smallest absolute Gasteiger partial charge is 0.369 e. The van der Waals surface area contributed by atoms with Gasteiger partial charge in [-0.2, -0.15) is 0 Å². The third-order valence-corrected chi connectivity index (χ3v) is 3.54. The number of hydrogen-bond acceptors (Lipinski definition) is 4. The van der Waals surface area contributed by atoms with Crippen LogP contribution in [0.3, 0.4) is 0 Å². The fraction of sp³-hybridized carbons (Fsp3) is 0.857. The zero-order valence-corrected chi connectivity index (χ0v) is 8.83. The lowest BCUT2D eigenvalue weighted by atomic mass is 10.9. The first-order valence-corrected chi connectivity index (χ1v) is 5.93. The van der Waals surface area contributed by atoms with Crippen LogP contribution in [-0.4, -0.2) is 34.5 Å². The molecule has 0 saturated carbocycles. The Kier molecular flexibility index (Phi) is 6.18. The largest absolute Gasteiger partial charge is 0.571 e. The van der Waals surface area contributed by atoms with Crippen molar-refractivity contribution in [3.8, 4) is 0 Å². The van der Waals surface area contributed by atoms with Crippen LogP contribution in [0, 0.1) is 0 Å². The summed E-state index contributed by atoms with van der Waals surface area (Å²) in [6.45, 7) is 6.73. The second kappa shape index (κ2) is 6.30. The molecular formula is C7H16O4Si. The molecule has 0 saturated heterocycles. The van der Waals surface area contributed by atoms with Crippen LogP contribution in [0.25, 0.3) is 0 Å². The minimum Gasteiger partial charge on any atom is -0.369 e. The predicted molar refractivity (Wildman–Crippen MR) is 47.4 cm³/mol. The lowest BCUT2D eigenvalue weighted by molar-refractivity contribution is 0.0888. The van der Waals surface area contributed by atoms with Gasteiger partial charge in [0.2, 0.25) is 0 Å². The van der Waals surface area contributed by atoms with Crippen LogP contribution < -0.4 is 0 Å². The van der Waals surface area contributed by atoms with Crippen LogP contribution >= 0.6 is 0 Å². The van der Waals surface area contributed by atoms with Gasteiger partial charge in [-0.15, -0.1) is 0 Å². The van der Waals surface area contributed by atoms with Crippen LogP contribution in [0.2, 0.25) is 0 Å². The average molecular weight is 192 g/mol. The number of carbonyl (C=O) groups is 1. The van der Waals surface area contributed by atoms with Crippen LogP contribution in [0.4, 0.5) is 0 Å². The van der Waals surface area contributed by atoms with Gasteiger partial charge in [0.15, 0.2) is 5.91 Å². The van der Waals surface area contributed by atoms with E-state index in [2.05, 4.69) is 0 Å². The Morgan fingerprint density at radius 2 is 1.33 bits per heavy atom. The molecule has 72 valence electrons. The van der Waals surface area contributed by atoms with Gasteiger partial charge in [-0.05, 0) is 20.8 Å². The predicted octanol–water partition coefficient (Wildman–Crippen LogP) is 0.807. The molecule has 0 aromatic carbocycles. The molecule has 0 heterocycles. The van der Waals surface area contributed by atoms with E-state index in [-0.39, 0.29) is 0 Å². The van der Waals surface area contributed by atoms with Gasteiger partial charge in [0, 0.05) is 19.8 Å². The van der Waals surface area contributed by atoms with Gasteiger partial charge < -0.3 is 18.1 Å². The van der Waals surface area contributed by atoms with Crippen molar-refractivity contribution in [2.75, 3.05) is 19.8 Å². The molecule has 0 atom stereocenters. The molecule has 0 aromatic rings. The molecule has 0 aromatic heterocycles. The molecule has 0 spiro atoms. The molecule has 0 aliphatic heterocycles. The first-order chi connectivity index (χ1) is 5.74. The van der Waals surface area contributed by atoms with Crippen molar-refractivity contribution in [3.63, 3.8) is 0 Å². The van der Waals surface area contributed by atoms with E-state index < -0.39 is 8.80 Å². The Morgan fingerprint density at radius 3 is 1.50 bits per heavy atom. The zero-order valence-electron chi connectivity index (χ0n) is 7.83. The summed E-state index contributed by atoms with van der Waals surface area (Å²) < 4.78 is 15.6. The first kappa shape index (κ1) is 11.8. The second-order valence-corrected chi connectivity index (χ2v) is 4.33. The Morgan fingerprint density at radius 1 is 1.00 bits per heavy atom. The van der Waals surface area contributed by atoms with E-state index in [0.29, 0.717) is 25.7 Å². The molecule has 0 rings (SSSR count). The highest BCUT2D eigenvalue weighted by atomic mass is 28.4. The van der Waals surface area contributed by atoms with Crippen molar-refractivity contribution in [2.24, 2.45) is 0 Å². The summed E-state index contributed by atoms with van der Waals surface area (Å²) in [5, 5.41) is 0. The minimum atomic E-state index is -2.95. The monoisotopic (exact) mass is 192 g/mol. The molecular weight excluding hydrogens is 176 g/mol. The van der Waals surface area contributed by atoms with E-state index in [9.17, 15) is 4.79 Å². The third-order valence-electron chi connectivity index (χ3n) is 1.18. The Balaban J connectivity index is 4.16. The van der Waals surface area contributed by atoms with Gasteiger partial charge in [0.25, 0.3) is 0 Å². The van der Waals surface area contributed by atoms with Crippen molar-refractivity contribution in [1.82, 2.24) is 0 Å². The fourth-order valence-electron chi connectivity index (χ4n) is 0.831. The molecule has 0 unspecified atom stereocenters. The molecule has 0 aliphatic rings. The van der Waals surface area contributed by atoms with E-state index >= 15 is 0 Å². The van der Waals surface area contributed by atoms with Gasteiger partial charge in [-0.1, -0.05) is 0 Å². The zero-order chi connectivity index (χ0) is 9.45. The van der Waals surface area contributed by atoms with E-state index in [4.69, 9.17) is 13.3 Å². The van der Waals surface area contributed by atoms with Crippen molar-refractivity contribution in [2.45, 2.75) is 20.8 Å². The maximum atomic E-state index is 10.7. The summed E-state index contributed by atoms with van der Waals surface area (Å²) in [6.07, 6.45) is 0. The van der Waals surface area contributed by atoms with Crippen LogP contribution in [-0.2, 0) is 18.1 Å². The summed E-state index contributed by atoms with van der Waals surface area (Å²) in [6, 6.07) is 0. The normalized spacial score (nSPS) is 11.6. The molecule has 0 radical (unpaired) electrons. The van der Waals surface area contributed by atoms with Gasteiger partial charge in [-0.25, -0.2) is 0 Å². The summed E-state index contributed by atoms with van der Waals surface area (Å²) in [4.78, 5) is 10.7. The SMILES string of the molecule is CCO[Si](C=O)(OCC)OCC. The molecule has 0 aliphatic carbocycles. The van der Waals surface area contributed by atoms with E-state index in [1.165, 1.54) is 0 Å². The average Bonchev–Trinajstić information content (AvgIpc) is 2.06. The standard InChI is InChI=1S/C7H16O4Si/c1-4-9-12(7-8,10-5-2)11-6-3/h7H,4-6H2,1-3H3. The van der Waals surface area contributed by atoms with Gasteiger partial charge in [0.1, 0.15) is 0 Å². The highest BCUT2D eigenvalue weighted by molar-refractivity contribution is 6.86. The number of rotatable bonds is 7. The molecule has 4 nitrogen and oxygen atoms in total. The summed E-state index contributed by atoms with van der Waals surface area (Å²) in [5.41, 5.74) is 0. The maximum Gasteiger partial charge on any atom is 0.571 e. The Bertz CT molecular complexity index is 112. The fourth-order valence-corrected chi connectivity index (χ4v) is 2.49. The van der Waals surface area contributed by atoms with Gasteiger partial charge >= 0.3 is 8.80 Å². The topological polar surface area (TPSA) is 44.8 Å². The summed E-state index contributed by atoms with van der Waals surface area (Å²) in [7, 11) is -2.95. The quantitative estimate of drug-likeness (QED) is 0.442. The van der Waals surface area contributed by atoms with Crippen molar-refractivity contribution < 1.29 is 18.1 Å². The second-order valence-electron chi connectivity index (χ2n) is 2.02. The lowest BCUT2D eigenvalue weighted by Crippen LogP contribution is -2.48. The lowest BCUT2D eigenvalue weighted by Gasteiger charge is -2.22. The van der Waals surface area contributed by atoms with E-state index in [0.717, 1.165) is 0 Å². The summed E-state index contributed by atoms with van der Waals surface area (Å²) in [5.74, 6) is 0.670. The van der Waals surface area contributed by atoms with E-state index in [1.54, 1.807) is 0 Å². The van der Waals surface area contributed by atoms with Gasteiger partial charge in [-0.3, -0.25) is 0 Å². The van der Waals surface area contributed by atoms with Crippen LogP contribution in [0.5, 0.6) is 0 Å². The maximum absolute atomic E-state index is 10.7. The van der Waals surface area contributed by atoms with E-state index in [1.807, 2.05) is 20.8 Å². The molecule has 0 N–H and O–H groups in total. The van der Waals surface area contributed by atoms with Crippen molar-refractivity contribution in [1.29, 1.82) is 0 Å². The van der Waals surface area contributed by atoms with Gasteiger partial charge in [0.05, 0.1) is 0 Å². The molecule has 0 bridgehead atoms. The highest BCUT2D eigenvalue weighted by Gasteiger charge is 2.40. The van der Waals surface area contributed by atoms with Crippen LogP contribution in [0.1, 0.15) is 20.8 Å². The van der Waals surface area contributed by atoms with Crippen LogP contribution in [0.15, 0.2) is 0 Å². The third kappa shape index (κ3) is 3.44. The minimum absolute atomic E-state index is 0.435. The molecule has 12 heavy (non-hydrogen) atoms. The molecule has 0 fully saturated rings. The first-order valence-electron chi connectivity index (χ1n) is 4.12. The Hall–Kier alpha value is -0.233. The summed E-state index contributed by atoms with van der Waals surface area (Å²) >= 11 is 0. The number of carbonyl (C=O) groups excluding carboxylic acids is 1. The van der Waals surface area contributed by atoms with Crippen molar-refractivity contribution in [3.05, 3.63) is 0 Å². The number of hydrogen-bond donors (Lipinski definition) is 0. The molecule has 5 heteroatoms.